The van der Waals surface area contributed by atoms with Crippen LogP contribution in [-0.4, -0.2) is 39.1 Å². The molecular formula is C20H28IN7. The molecule has 2 heterocycles. The van der Waals surface area contributed by atoms with Crippen molar-refractivity contribution in [3.63, 3.8) is 0 Å². The van der Waals surface area contributed by atoms with Crippen LogP contribution in [0.3, 0.4) is 0 Å². The first-order chi connectivity index (χ1) is 13.2. The summed E-state index contributed by atoms with van der Waals surface area (Å²) >= 11 is 0. The zero-order chi connectivity index (χ0) is 19.1. The Morgan fingerprint density at radius 3 is 2.61 bits per heavy atom. The van der Waals surface area contributed by atoms with Gasteiger partial charge in [-0.1, -0.05) is 18.2 Å². The Balaban J connectivity index is 0.00000280. The third-order valence-corrected chi connectivity index (χ3v) is 4.28. The number of hydrogen-bond donors (Lipinski definition) is 2. The summed E-state index contributed by atoms with van der Waals surface area (Å²) in [6, 6.07) is 12.2. The predicted octanol–water partition coefficient (Wildman–Crippen LogP) is 3.06. The third kappa shape index (κ3) is 6.08. The molecule has 0 spiro atoms. The van der Waals surface area contributed by atoms with Crippen molar-refractivity contribution in [2.24, 2.45) is 4.99 Å². The van der Waals surface area contributed by atoms with Crippen LogP contribution < -0.4 is 10.6 Å². The monoisotopic (exact) mass is 493 g/mol. The van der Waals surface area contributed by atoms with E-state index in [9.17, 15) is 0 Å². The maximum atomic E-state index is 4.48. The number of para-hydroxylation sites is 1. The number of aryl methyl sites for hydroxylation is 3. The molecule has 3 rings (SSSR count). The Kier molecular flexibility index (Phi) is 8.49. The number of aromatic nitrogens is 4. The van der Waals surface area contributed by atoms with Crippen molar-refractivity contribution >= 4 is 29.9 Å². The topological polar surface area (TPSA) is 72.1 Å². The van der Waals surface area contributed by atoms with E-state index in [-0.39, 0.29) is 24.0 Å². The van der Waals surface area contributed by atoms with Crippen molar-refractivity contribution in [2.45, 2.75) is 33.4 Å². The van der Waals surface area contributed by atoms with Gasteiger partial charge in [-0.05, 0) is 38.5 Å². The average molecular weight is 493 g/mol. The van der Waals surface area contributed by atoms with E-state index in [0.29, 0.717) is 6.54 Å². The first-order valence-corrected chi connectivity index (χ1v) is 9.20. The van der Waals surface area contributed by atoms with E-state index in [1.54, 1.807) is 7.05 Å². The Bertz CT molecular complexity index is 883. The molecule has 0 atom stereocenters. The molecule has 150 valence electrons. The van der Waals surface area contributed by atoms with E-state index in [0.717, 1.165) is 42.4 Å². The van der Waals surface area contributed by atoms with Crippen molar-refractivity contribution in [2.75, 3.05) is 13.6 Å². The fraction of sp³-hybridized carbons (Fsp3) is 0.350. The first kappa shape index (κ1) is 21.9. The zero-order valence-electron chi connectivity index (χ0n) is 16.6. The van der Waals surface area contributed by atoms with Crippen LogP contribution in [0.15, 0.2) is 53.8 Å². The second-order valence-corrected chi connectivity index (χ2v) is 6.49. The van der Waals surface area contributed by atoms with Gasteiger partial charge in [-0.2, -0.15) is 10.2 Å². The molecule has 28 heavy (non-hydrogen) atoms. The van der Waals surface area contributed by atoms with Crippen molar-refractivity contribution in [1.29, 1.82) is 0 Å². The molecule has 0 aliphatic rings. The van der Waals surface area contributed by atoms with Gasteiger partial charge in [-0.15, -0.1) is 24.0 Å². The molecule has 1 aromatic carbocycles. The van der Waals surface area contributed by atoms with Gasteiger partial charge in [0.1, 0.15) is 0 Å². The summed E-state index contributed by atoms with van der Waals surface area (Å²) in [5.74, 6) is 0.788. The standard InChI is InChI=1S/C20H27N7.HI/c1-16-12-17(2)26(25-16)11-7-10-22-20(21-3)23-13-18-14-24-27(15-18)19-8-5-4-6-9-19;/h4-6,8-9,12,14-15H,7,10-11,13H2,1-3H3,(H2,21,22,23);1H. The average Bonchev–Trinajstić information content (AvgIpc) is 3.28. The highest BCUT2D eigenvalue weighted by Gasteiger charge is 2.03. The Morgan fingerprint density at radius 1 is 1.14 bits per heavy atom. The van der Waals surface area contributed by atoms with Gasteiger partial charge in [0, 0.05) is 44.1 Å². The Morgan fingerprint density at radius 2 is 1.93 bits per heavy atom. The lowest BCUT2D eigenvalue weighted by Crippen LogP contribution is -2.37. The summed E-state index contributed by atoms with van der Waals surface area (Å²) in [5, 5.41) is 15.6. The minimum Gasteiger partial charge on any atom is -0.356 e. The van der Waals surface area contributed by atoms with E-state index in [1.807, 2.05) is 59.0 Å². The number of aliphatic imine (C=N–C) groups is 1. The molecular weight excluding hydrogens is 465 g/mol. The summed E-state index contributed by atoms with van der Waals surface area (Å²) in [7, 11) is 1.78. The Labute approximate surface area is 183 Å². The van der Waals surface area contributed by atoms with Gasteiger partial charge in [-0.3, -0.25) is 9.67 Å². The number of guanidine groups is 1. The van der Waals surface area contributed by atoms with Crippen LogP contribution in [0.5, 0.6) is 0 Å². The van der Waals surface area contributed by atoms with Crippen LogP contribution in [-0.2, 0) is 13.1 Å². The molecule has 0 aliphatic heterocycles. The lowest BCUT2D eigenvalue weighted by atomic mass is 10.3. The summed E-state index contributed by atoms with van der Waals surface area (Å²) in [5.41, 5.74) is 4.42. The molecule has 2 N–H and O–H groups in total. The van der Waals surface area contributed by atoms with Crippen LogP contribution in [0.1, 0.15) is 23.4 Å². The largest absolute Gasteiger partial charge is 0.356 e. The molecule has 7 nitrogen and oxygen atoms in total. The van der Waals surface area contributed by atoms with Gasteiger partial charge in [0.2, 0.25) is 0 Å². The number of benzene rings is 1. The first-order valence-electron chi connectivity index (χ1n) is 9.20. The van der Waals surface area contributed by atoms with Crippen LogP contribution in [0.2, 0.25) is 0 Å². The fourth-order valence-electron chi connectivity index (χ4n) is 2.92. The zero-order valence-corrected chi connectivity index (χ0v) is 18.9. The van der Waals surface area contributed by atoms with Crippen LogP contribution in [0.4, 0.5) is 0 Å². The van der Waals surface area contributed by atoms with Gasteiger partial charge in [0.05, 0.1) is 17.6 Å². The number of halogens is 1. The smallest absolute Gasteiger partial charge is 0.191 e. The van der Waals surface area contributed by atoms with Crippen molar-refractivity contribution in [1.82, 2.24) is 30.2 Å². The van der Waals surface area contributed by atoms with E-state index < -0.39 is 0 Å². The molecule has 2 aromatic heterocycles. The molecule has 0 saturated heterocycles. The fourth-order valence-corrected chi connectivity index (χ4v) is 2.92. The molecule has 0 saturated carbocycles. The Hall–Kier alpha value is -2.36. The maximum absolute atomic E-state index is 4.48. The number of nitrogens with zero attached hydrogens (tertiary/aromatic N) is 5. The van der Waals surface area contributed by atoms with E-state index in [2.05, 4.69) is 38.8 Å². The minimum atomic E-state index is 0. The van der Waals surface area contributed by atoms with E-state index >= 15 is 0 Å². The highest BCUT2D eigenvalue weighted by Crippen LogP contribution is 2.07. The number of nitrogens with one attached hydrogen (secondary N) is 2. The summed E-state index contributed by atoms with van der Waals surface area (Å²) in [6.45, 7) is 6.51. The maximum Gasteiger partial charge on any atom is 0.191 e. The molecule has 8 heteroatoms. The quantitative estimate of drug-likeness (QED) is 0.230. The van der Waals surface area contributed by atoms with Crippen LogP contribution >= 0.6 is 24.0 Å². The second kappa shape index (κ2) is 10.8. The van der Waals surface area contributed by atoms with Gasteiger partial charge < -0.3 is 10.6 Å². The molecule has 0 fully saturated rings. The molecule has 0 aliphatic carbocycles. The van der Waals surface area contributed by atoms with Crippen molar-refractivity contribution in [3.8, 4) is 5.69 Å². The van der Waals surface area contributed by atoms with Gasteiger partial charge in [0.25, 0.3) is 0 Å². The summed E-state index contributed by atoms with van der Waals surface area (Å²) in [6.07, 6.45) is 4.88. The van der Waals surface area contributed by atoms with E-state index in [1.165, 1.54) is 5.69 Å². The van der Waals surface area contributed by atoms with Crippen LogP contribution in [0, 0.1) is 13.8 Å². The predicted molar refractivity (Wildman–Crippen MR) is 123 cm³/mol. The van der Waals surface area contributed by atoms with E-state index in [4.69, 9.17) is 0 Å². The lowest BCUT2D eigenvalue weighted by molar-refractivity contribution is 0.555. The van der Waals surface area contributed by atoms with Gasteiger partial charge in [-0.25, -0.2) is 4.68 Å². The van der Waals surface area contributed by atoms with Gasteiger partial charge in [0.15, 0.2) is 5.96 Å². The van der Waals surface area contributed by atoms with Crippen molar-refractivity contribution < 1.29 is 0 Å². The molecule has 0 radical (unpaired) electrons. The summed E-state index contributed by atoms with van der Waals surface area (Å²) in [4.78, 5) is 4.28. The molecule has 3 aromatic rings. The van der Waals surface area contributed by atoms with Crippen molar-refractivity contribution in [3.05, 3.63) is 65.7 Å². The number of hydrogen-bond acceptors (Lipinski definition) is 3. The molecule has 0 amide bonds. The summed E-state index contributed by atoms with van der Waals surface area (Å²) < 4.78 is 3.92. The highest BCUT2D eigenvalue weighted by atomic mass is 127. The molecule has 0 bridgehead atoms. The minimum absolute atomic E-state index is 0. The van der Waals surface area contributed by atoms with Gasteiger partial charge >= 0.3 is 0 Å². The molecule has 0 unspecified atom stereocenters. The number of rotatable bonds is 7. The second-order valence-electron chi connectivity index (χ2n) is 6.49. The normalized spacial score (nSPS) is 11.2. The lowest BCUT2D eigenvalue weighted by Gasteiger charge is -2.11. The SMILES string of the molecule is CN=C(NCCCn1nc(C)cc1C)NCc1cnn(-c2ccccc2)c1.I. The highest BCUT2D eigenvalue weighted by molar-refractivity contribution is 14.0. The van der Waals surface area contributed by atoms with Crippen LogP contribution in [0.25, 0.3) is 5.69 Å². The third-order valence-electron chi connectivity index (χ3n) is 4.28.